The summed E-state index contributed by atoms with van der Waals surface area (Å²) < 4.78 is 27.2. The normalized spacial score (nSPS) is 15.6. The number of carbonyl (C=O) groups excluding carboxylic acids is 1. The van der Waals surface area contributed by atoms with Crippen molar-refractivity contribution in [1.29, 1.82) is 0 Å². The number of hydrogen-bond donors (Lipinski definition) is 3. The summed E-state index contributed by atoms with van der Waals surface area (Å²) in [5.74, 6) is 0.535. The molecule has 2 aromatic carbocycles. The van der Waals surface area contributed by atoms with Gasteiger partial charge in [0.2, 0.25) is 10.0 Å². The van der Waals surface area contributed by atoms with Crippen LogP contribution in [0, 0.1) is 5.92 Å². The van der Waals surface area contributed by atoms with E-state index in [9.17, 15) is 13.2 Å². The standard InChI is InChI=1S/C21H24N4O3S/c1-13(2)19(20-22-17-5-3-4-6-18(17)23-20)24-21(26)14-7-11-16(12-8-14)29(27,28)25-15-9-10-15/h3-8,11-13,15,19,25H,9-10H2,1-2H3,(H,22,23)(H,24,26). The van der Waals surface area contributed by atoms with Crippen molar-refractivity contribution in [2.45, 2.75) is 43.7 Å². The monoisotopic (exact) mass is 412 g/mol. The summed E-state index contributed by atoms with van der Waals surface area (Å²) in [5.41, 5.74) is 2.16. The third-order valence-electron chi connectivity index (χ3n) is 4.98. The predicted molar refractivity (Wildman–Crippen MR) is 111 cm³/mol. The van der Waals surface area contributed by atoms with Crippen molar-refractivity contribution in [3.05, 3.63) is 59.9 Å². The largest absolute Gasteiger partial charge is 0.342 e. The van der Waals surface area contributed by atoms with E-state index in [-0.39, 0.29) is 28.8 Å². The first-order valence-electron chi connectivity index (χ1n) is 9.71. The van der Waals surface area contributed by atoms with Crippen LogP contribution in [0.4, 0.5) is 0 Å². The number of hydrogen-bond acceptors (Lipinski definition) is 4. The van der Waals surface area contributed by atoms with Crippen LogP contribution in [0.2, 0.25) is 0 Å². The van der Waals surface area contributed by atoms with Crippen LogP contribution in [-0.2, 0) is 10.0 Å². The van der Waals surface area contributed by atoms with Crippen LogP contribution in [0.25, 0.3) is 11.0 Å². The number of para-hydroxylation sites is 2. The second-order valence-electron chi connectivity index (χ2n) is 7.75. The summed E-state index contributed by atoms with van der Waals surface area (Å²) in [4.78, 5) is 20.8. The maximum absolute atomic E-state index is 12.8. The number of nitrogens with zero attached hydrogens (tertiary/aromatic N) is 1. The van der Waals surface area contributed by atoms with Crippen LogP contribution in [0.1, 0.15) is 48.9 Å². The summed E-state index contributed by atoms with van der Waals surface area (Å²) >= 11 is 0. The molecule has 0 aliphatic heterocycles. The molecule has 0 bridgehead atoms. The zero-order valence-corrected chi connectivity index (χ0v) is 17.2. The topological polar surface area (TPSA) is 104 Å². The maximum atomic E-state index is 12.8. The molecule has 1 saturated carbocycles. The van der Waals surface area contributed by atoms with Gasteiger partial charge in [-0.1, -0.05) is 26.0 Å². The molecule has 1 fully saturated rings. The minimum absolute atomic E-state index is 0.0404. The fourth-order valence-corrected chi connectivity index (χ4v) is 4.47. The Bertz CT molecular complexity index is 1100. The molecule has 0 spiro atoms. The number of sulfonamides is 1. The molecule has 1 aromatic heterocycles. The van der Waals surface area contributed by atoms with E-state index in [1.807, 2.05) is 38.1 Å². The van der Waals surface area contributed by atoms with E-state index in [0.717, 1.165) is 23.9 Å². The lowest BCUT2D eigenvalue weighted by Crippen LogP contribution is -2.32. The minimum Gasteiger partial charge on any atom is -0.342 e. The number of benzene rings is 2. The van der Waals surface area contributed by atoms with E-state index >= 15 is 0 Å². The summed E-state index contributed by atoms with van der Waals surface area (Å²) in [6.45, 7) is 4.02. The average Bonchev–Trinajstić information content (AvgIpc) is 3.39. The van der Waals surface area contributed by atoms with Crippen molar-refractivity contribution in [2.75, 3.05) is 0 Å². The molecule has 152 valence electrons. The minimum atomic E-state index is -3.53. The van der Waals surface area contributed by atoms with Crippen LogP contribution in [0.5, 0.6) is 0 Å². The van der Waals surface area contributed by atoms with E-state index in [2.05, 4.69) is 20.0 Å². The third-order valence-corrected chi connectivity index (χ3v) is 6.52. The van der Waals surface area contributed by atoms with Crippen LogP contribution in [-0.4, -0.2) is 30.3 Å². The van der Waals surface area contributed by atoms with Gasteiger partial charge in [-0.2, -0.15) is 0 Å². The number of rotatable bonds is 7. The predicted octanol–water partition coefficient (Wildman–Crippen LogP) is 3.13. The fraction of sp³-hybridized carbons (Fsp3) is 0.333. The Hall–Kier alpha value is -2.71. The molecule has 1 heterocycles. The van der Waals surface area contributed by atoms with Crippen molar-refractivity contribution < 1.29 is 13.2 Å². The third kappa shape index (κ3) is 4.33. The van der Waals surface area contributed by atoms with Gasteiger partial charge in [0, 0.05) is 11.6 Å². The molecule has 29 heavy (non-hydrogen) atoms. The van der Waals surface area contributed by atoms with Crippen LogP contribution in [0.3, 0.4) is 0 Å². The molecule has 7 nitrogen and oxygen atoms in total. The van der Waals surface area contributed by atoms with Gasteiger partial charge < -0.3 is 10.3 Å². The fourth-order valence-electron chi connectivity index (χ4n) is 3.17. The quantitative estimate of drug-likeness (QED) is 0.554. The van der Waals surface area contributed by atoms with Crippen molar-refractivity contribution >= 4 is 27.0 Å². The SMILES string of the molecule is CC(C)C(NC(=O)c1ccc(S(=O)(=O)NC2CC2)cc1)c1nc2ccccc2[nH]1. The molecule has 3 aromatic rings. The van der Waals surface area contributed by atoms with E-state index in [1.165, 1.54) is 24.3 Å². The van der Waals surface area contributed by atoms with Gasteiger partial charge in [-0.05, 0) is 55.2 Å². The molecule has 0 saturated heterocycles. The highest BCUT2D eigenvalue weighted by molar-refractivity contribution is 7.89. The van der Waals surface area contributed by atoms with Crippen molar-refractivity contribution in [1.82, 2.24) is 20.0 Å². The first kappa shape index (κ1) is 19.6. The Morgan fingerprint density at radius 2 is 1.79 bits per heavy atom. The average molecular weight is 413 g/mol. The molecule has 3 N–H and O–H groups in total. The second kappa shape index (κ2) is 7.61. The van der Waals surface area contributed by atoms with Crippen LogP contribution >= 0.6 is 0 Å². The van der Waals surface area contributed by atoms with Gasteiger partial charge in [-0.25, -0.2) is 18.1 Å². The number of imidazole rings is 1. The Morgan fingerprint density at radius 1 is 1.10 bits per heavy atom. The molecule has 0 radical (unpaired) electrons. The summed E-state index contributed by atoms with van der Waals surface area (Å²) in [6, 6.07) is 13.5. The van der Waals surface area contributed by atoms with E-state index in [0.29, 0.717) is 11.4 Å². The Balaban J connectivity index is 1.51. The highest BCUT2D eigenvalue weighted by atomic mass is 32.2. The number of aromatic nitrogens is 2. The molecule has 8 heteroatoms. The summed E-state index contributed by atoms with van der Waals surface area (Å²) in [5, 5.41) is 3.01. The van der Waals surface area contributed by atoms with E-state index in [4.69, 9.17) is 0 Å². The second-order valence-corrected chi connectivity index (χ2v) is 9.47. The number of fused-ring (bicyclic) bond motifs is 1. The highest BCUT2D eigenvalue weighted by Crippen LogP contribution is 2.24. The van der Waals surface area contributed by atoms with E-state index < -0.39 is 10.0 Å². The maximum Gasteiger partial charge on any atom is 0.251 e. The number of H-pyrrole nitrogens is 1. The van der Waals surface area contributed by atoms with Gasteiger partial charge in [0.1, 0.15) is 5.82 Å². The lowest BCUT2D eigenvalue weighted by atomic mass is 10.0. The first-order chi connectivity index (χ1) is 13.8. The molecular formula is C21H24N4O3S. The first-order valence-corrected chi connectivity index (χ1v) is 11.2. The Kier molecular flexibility index (Phi) is 5.14. The van der Waals surface area contributed by atoms with Gasteiger partial charge in [0.15, 0.2) is 0 Å². The van der Waals surface area contributed by atoms with Gasteiger partial charge in [0.25, 0.3) is 5.91 Å². The Morgan fingerprint density at radius 3 is 2.41 bits per heavy atom. The molecule has 1 atom stereocenters. The molecule has 1 amide bonds. The number of amides is 1. The summed E-state index contributed by atoms with van der Waals surface area (Å²) in [6.07, 6.45) is 1.75. The molecular weight excluding hydrogens is 388 g/mol. The van der Waals surface area contributed by atoms with Gasteiger partial charge in [-0.15, -0.1) is 0 Å². The molecule has 1 aliphatic rings. The van der Waals surface area contributed by atoms with Gasteiger partial charge in [0.05, 0.1) is 22.0 Å². The smallest absolute Gasteiger partial charge is 0.251 e. The number of aromatic amines is 1. The Labute approximate surface area is 170 Å². The zero-order valence-electron chi connectivity index (χ0n) is 16.3. The molecule has 4 rings (SSSR count). The van der Waals surface area contributed by atoms with Crippen molar-refractivity contribution in [3.8, 4) is 0 Å². The molecule has 1 unspecified atom stereocenters. The van der Waals surface area contributed by atoms with Gasteiger partial charge in [-0.3, -0.25) is 4.79 Å². The van der Waals surface area contributed by atoms with E-state index in [1.54, 1.807) is 0 Å². The highest BCUT2D eigenvalue weighted by Gasteiger charge is 2.28. The van der Waals surface area contributed by atoms with Crippen molar-refractivity contribution in [2.24, 2.45) is 5.92 Å². The van der Waals surface area contributed by atoms with Crippen LogP contribution in [0.15, 0.2) is 53.4 Å². The van der Waals surface area contributed by atoms with Crippen LogP contribution < -0.4 is 10.0 Å². The number of carbonyl (C=O) groups is 1. The zero-order chi connectivity index (χ0) is 20.6. The number of nitrogens with one attached hydrogen (secondary N) is 3. The van der Waals surface area contributed by atoms with Gasteiger partial charge >= 0.3 is 0 Å². The molecule has 1 aliphatic carbocycles. The summed E-state index contributed by atoms with van der Waals surface area (Å²) in [7, 11) is -3.53. The lowest BCUT2D eigenvalue weighted by molar-refractivity contribution is 0.0923. The van der Waals surface area contributed by atoms with Crippen molar-refractivity contribution in [3.63, 3.8) is 0 Å². The lowest BCUT2D eigenvalue weighted by Gasteiger charge is -2.20.